The zero-order valence-corrected chi connectivity index (χ0v) is 14.8. The van der Waals surface area contributed by atoms with Crippen molar-refractivity contribution in [2.75, 3.05) is 24.3 Å². The predicted molar refractivity (Wildman–Crippen MR) is 102 cm³/mol. The van der Waals surface area contributed by atoms with Crippen LogP contribution >= 0.6 is 12.2 Å². The maximum atomic E-state index is 4.70. The summed E-state index contributed by atoms with van der Waals surface area (Å²) in [6.07, 6.45) is 7.13. The van der Waals surface area contributed by atoms with Crippen LogP contribution in [-0.2, 0) is 0 Å². The van der Waals surface area contributed by atoms with Gasteiger partial charge in [-0.2, -0.15) is 0 Å². The van der Waals surface area contributed by atoms with Crippen LogP contribution in [0.1, 0.15) is 13.8 Å². The van der Waals surface area contributed by atoms with Crippen molar-refractivity contribution in [3.8, 4) is 0 Å². The molecule has 0 spiro atoms. The molecule has 0 saturated carbocycles. The molecule has 23 heavy (non-hydrogen) atoms. The van der Waals surface area contributed by atoms with Gasteiger partial charge in [-0.3, -0.25) is 0 Å². The summed E-state index contributed by atoms with van der Waals surface area (Å²) in [7, 11) is 4.03. The lowest BCUT2D eigenvalue weighted by molar-refractivity contribution is 1.13. The van der Waals surface area contributed by atoms with Gasteiger partial charge in [-0.15, -0.1) is 0 Å². The number of aromatic nitrogens is 2. The van der Waals surface area contributed by atoms with Crippen LogP contribution in [0, 0.1) is 0 Å². The molecule has 0 saturated heterocycles. The number of benzene rings is 1. The molecule has 0 fully saturated rings. The van der Waals surface area contributed by atoms with Crippen molar-refractivity contribution in [3.63, 3.8) is 0 Å². The Labute approximate surface area is 143 Å². The van der Waals surface area contributed by atoms with E-state index in [1.807, 2.05) is 64.5 Å². The first-order chi connectivity index (χ1) is 11.0. The topological polar surface area (TPSA) is 53.1 Å². The van der Waals surface area contributed by atoms with Gasteiger partial charge >= 0.3 is 0 Å². The van der Waals surface area contributed by atoms with E-state index in [2.05, 4.69) is 25.5 Å². The predicted octanol–water partition coefficient (Wildman–Crippen LogP) is 3.74. The molecule has 2 aromatic rings. The second kappa shape index (κ2) is 10.3. The Hall–Kier alpha value is -2.47. The standard InChI is InChI=1S/C12H14N4.C5H9NS/c1-16(2)11-6-4-10(5-7-11)15-12-13-8-3-9-14-12;1-3-4-6-5(2)7/h3-9H,1-2H3,(H,13,14,15);3-4H,1-2H3,(H,6,7)/b;4-3+. The van der Waals surface area contributed by atoms with E-state index in [1.54, 1.807) is 18.5 Å². The number of rotatable bonds is 4. The molecular formula is C17H23N5S. The van der Waals surface area contributed by atoms with Crippen LogP contribution in [0.2, 0.25) is 0 Å². The summed E-state index contributed by atoms with van der Waals surface area (Å²) < 4.78 is 0. The summed E-state index contributed by atoms with van der Waals surface area (Å²) in [6.45, 7) is 3.78. The fourth-order valence-corrected chi connectivity index (χ4v) is 1.60. The highest BCUT2D eigenvalue weighted by molar-refractivity contribution is 7.80. The van der Waals surface area contributed by atoms with Gasteiger partial charge in [0, 0.05) is 37.9 Å². The minimum absolute atomic E-state index is 0.611. The molecule has 6 heteroatoms. The smallest absolute Gasteiger partial charge is 0.227 e. The summed E-state index contributed by atoms with van der Waals surface area (Å²) in [5.41, 5.74) is 2.15. The monoisotopic (exact) mass is 329 g/mol. The van der Waals surface area contributed by atoms with Gasteiger partial charge in [0.05, 0.1) is 4.99 Å². The zero-order valence-electron chi connectivity index (χ0n) is 13.9. The largest absolute Gasteiger partial charge is 0.378 e. The molecule has 1 aromatic carbocycles. The highest BCUT2D eigenvalue weighted by Crippen LogP contribution is 2.17. The Kier molecular flexibility index (Phi) is 8.31. The first kappa shape index (κ1) is 18.6. The molecule has 0 aliphatic carbocycles. The van der Waals surface area contributed by atoms with Crippen molar-refractivity contribution in [3.05, 3.63) is 55.0 Å². The SMILES string of the molecule is C/C=C/NC(C)=S.CN(C)c1ccc(Nc2ncccn2)cc1. The summed E-state index contributed by atoms with van der Waals surface area (Å²) in [6, 6.07) is 9.90. The molecule has 0 unspecified atom stereocenters. The van der Waals surface area contributed by atoms with Gasteiger partial charge in [0.2, 0.25) is 5.95 Å². The third-order valence-corrected chi connectivity index (χ3v) is 2.78. The third-order valence-electron chi connectivity index (χ3n) is 2.66. The van der Waals surface area contributed by atoms with E-state index in [9.17, 15) is 0 Å². The minimum atomic E-state index is 0.611. The Morgan fingerprint density at radius 3 is 2.17 bits per heavy atom. The Morgan fingerprint density at radius 1 is 1.13 bits per heavy atom. The van der Waals surface area contributed by atoms with Crippen molar-refractivity contribution >= 4 is 34.5 Å². The van der Waals surface area contributed by atoms with Gasteiger partial charge in [-0.25, -0.2) is 9.97 Å². The molecule has 1 aromatic heterocycles. The van der Waals surface area contributed by atoms with Gasteiger partial charge in [-0.05, 0) is 50.4 Å². The van der Waals surface area contributed by atoms with Crippen LogP contribution in [0.4, 0.5) is 17.3 Å². The third kappa shape index (κ3) is 7.92. The van der Waals surface area contributed by atoms with Crippen LogP contribution in [0.15, 0.2) is 55.0 Å². The maximum absolute atomic E-state index is 4.70. The number of nitrogens with one attached hydrogen (secondary N) is 2. The second-order valence-corrected chi connectivity index (χ2v) is 5.45. The zero-order chi connectivity index (χ0) is 17.1. The molecule has 1 heterocycles. The Morgan fingerprint density at radius 2 is 1.74 bits per heavy atom. The summed E-state index contributed by atoms with van der Waals surface area (Å²) in [5, 5.41) is 5.98. The number of hydrogen-bond acceptors (Lipinski definition) is 5. The van der Waals surface area contributed by atoms with Crippen molar-refractivity contribution in [2.24, 2.45) is 0 Å². The van der Waals surface area contributed by atoms with E-state index >= 15 is 0 Å². The van der Waals surface area contributed by atoms with Crippen LogP contribution < -0.4 is 15.5 Å². The van der Waals surface area contributed by atoms with Crippen molar-refractivity contribution in [2.45, 2.75) is 13.8 Å². The average molecular weight is 329 g/mol. The molecule has 2 rings (SSSR count). The van der Waals surface area contributed by atoms with Gasteiger partial charge in [0.25, 0.3) is 0 Å². The minimum Gasteiger partial charge on any atom is -0.378 e. The average Bonchev–Trinajstić information content (AvgIpc) is 2.55. The van der Waals surface area contributed by atoms with Crippen molar-refractivity contribution in [1.82, 2.24) is 15.3 Å². The molecule has 0 bridgehead atoms. The molecule has 0 aliphatic heterocycles. The van der Waals surface area contributed by atoms with E-state index in [0.717, 1.165) is 10.7 Å². The van der Waals surface area contributed by atoms with E-state index < -0.39 is 0 Å². The van der Waals surface area contributed by atoms with E-state index in [4.69, 9.17) is 12.2 Å². The van der Waals surface area contributed by atoms with Gasteiger partial charge in [0.15, 0.2) is 0 Å². The van der Waals surface area contributed by atoms with Crippen LogP contribution in [0.25, 0.3) is 0 Å². The van der Waals surface area contributed by atoms with E-state index in [0.29, 0.717) is 5.95 Å². The Balaban J connectivity index is 0.000000322. The van der Waals surface area contributed by atoms with Gasteiger partial charge in [-0.1, -0.05) is 18.3 Å². The first-order valence-electron chi connectivity index (χ1n) is 7.22. The first-order valence-corrected chi connectivity index (χ1v) is 7.63. The van der Waals surface area contributed by atoms with Gasteiger partial charge in [0.1, 0.15) is 0 Å². The van der Waals surface area contributed by atoms with Gasteiger partial charge < -0.3 is 15.5 Å². The lowest BCUT2D eigenvalue weighted by Gasteiger charge is -2.12. The number of anilines is 3. The second-order valence-electron chi connectivity index (χ2n) is 4.84. The molecule has 0 aliphatic rings. The van der Waals surface area contributed by atoms with Crippen LogP contribution in [-0.4, -0.2) is 29.1 Å². The molecule has 0 radical (unpaired) electrons. The molecular weight excluding hydrogens is 306 g/mol. The normalized spacial score (nSPS) is 9.74. The molecule has 122 valence electrons. The summed E-state index contributed by atoms with van der Waals surface area (Å²) in [5.74, 6) is 0.611. The fraction of sp³-hybridized carbons (Fsp3) is 0.235. The van der Waals surface area contributed by atoms with Crippen LogP contribution in [0.5, 0.6) is 0 Å². The summed E-state index contributed by atoms with van der Waals surface area (Å²) in [4.78, 5) is 11.1. The van der Waals surface area contributed by atoms with Crippen molar-refractivity contribution in [1.29, 1.82) is 0 Å². The van der Waals surface area contributed by atoms with E-state index in [1.165, 1.54) is 5.69 Å². The maximum Gasteiger partial charge on any atom is 0.227 e. The molecule has 0 atom stereocenters. The number of allylic oxidation sites excluding steroid dienone is 1. The lowest BCUT2D eigenvalue weighted by atomic mass is 10.2. The fourth-order valence-electron chi connectivity index (χ4n) is 1.54. The molecule has 5 nitrogen and oxygen atoms in total. The number of hydrogen-bond donors (Lipinski definition) is 2. The summed E-state index contributed by atoms with van der Waals surface area (Å²) >= 11 is 4.70. The van der Waals surface area contributed by atoms with Crippen LogP contribution in [0.3, 0.4) is 0 Å². The Bertz CT molecular complexity index is 609. The highest BCUT2D eigenvalue weighted by atomic mass is 32.1. The molecule has 2 N–H and O–H groups in total. The lowest BCUT2D eigenvalue weighted by Crippen LogP contribution is -2.08. The molecule has 0 amide bonds. The quantitative estimate of drug-likeness (QED) is 0.833. The van der Waals surface area contributed by atoms with E-state index in [-0.39, 0.29) is 0 Å². The van der Waals surface area contributed by atoms with Crippen molar-refractivity contribution < 1.29 is 0 Å². The highest BCUT2D eigenvalue weighted by Gasteiger charge is 1.97. The number of nitrogens with zero attached hydrogens (tertiary/aromatic N) is 3. The number of thiocarbonyl (C=S) groups is 1.